The lowest BCUT2D eigenvalue weighted by atomic mass is 9.86. The van der Waals surface area contributed by atoms with Gasteiger partial charge in [-0.05, 0) is 12.5 Å². The average Bonchev–Trinajstić information content (AvgIpc) is 2.72. The maximum atomic E-state index is 5.92. The monoisotopic (exact) mass is 256 g/mol. The van der Waals surface area contributed by atoms with Gasteiger partial charge in [0.05, 0.1) is 12.8 Å². The molecule has 3 unspecified atom stereocenters. The van der Waals surface area contributed by atoms with Gasteiger partial charge >= 0.3 is 0 Å². The summed E-state index contributed by atoms with van der Waals surface area (Å²) < 4.78 is 5.92. The fourth-order valence-electron chi connectivity index (χ4n) is 2.49. The SMILES string of the molecule is CN1CCNC1COC1CNC(C(C)(C)C)CN1. The van der Waals surface area contributed by atoms with Gasteiger partial charge in [-0.15, -0.1) is 0 Å². The molecule has 2 heterocycles. The van der Waals surface area contributed by atoms with Crippen LogP contribution in [0.5, 0.6) is 0 Å². The largest absolute Gasteiger partial charge is 0.359 e. The highest BCUT2D eigenvalue weighted by Crippen LogP contribution is 2.20. The summed E-state index contributed by atoms with van der Waals surface area (Å²) in [6.07, 6.45) is 0.506. The van der Waals surface area contributed by atoms with Crippen molar-refractivity contribution in [1.82, 2.24) is 20.9 Å². The molecule has 0 radical (unpaired) electrons. The molecule has 2 saturated heterocycles. The van der Waals surface area contributed by atoms with Crippen molar-refractivity contribution in [2.75, 3.05) is 39.8 Å². The van der Waals surface area contributed by atoms with Crippen molar-refractivity contribution < 1.29 is 4.74 Å². The first-order valence-corrected chi connectivity index (χ1v) is 6.99. The first-order valence-electron chi connectivity index (χ1n) is 6.99. The van der Waals surface area contributed by atoms with E-state index in [1.165, 1.54) is 0 Å². The van der Waals surface area contributed by atoms with Gasteiger partial charge in [0.2, 0.25) is 0 Å². The molecule has 3 atom stereocenters. The summed E-state index contributed by atoms with van der Waals surface area (Å²) in [7, 11) is 2.14. The fraction of sp³-hybridized carbons (Fsp3) is 1.00. The molecular formula is C13H28N4O. The Morgan fingerprint density at radius 2 is 1.94 bits per heavy atom. The van der Waals surface area contributed by atoms with Crippen molar-refractivity contribution in [3.63, 3.8) is 0 Å². The van der Waals surface area contributed by atoms with Crippen molar-refractivity contribution in [2.45, 2.75) is 39.2 Å². The fourth-order valence-corrected chi connectivity index (χ4v) is 2.49. The van der Waals surface area contributed by atoms with Crippen LogP contribution in [0.25, 0.3) is 0 Å². The number of nitrogens with one attached hydrogen (secondary N) is 3. The molecule has 0 aromatic rings. The highest BCUT2D eigenvalue weighted by Gasteiger charge is 2.30. The predicted octanol–water partition coefficient (Wildman–Crippen LogP) is -0.202. The third kappa shape index (κ3) is 3.65. The molecule has 0 aliphatic carbocycles. The van der Waals surface area contributed by atoms with E-state index < -0.39 is 0 Å². The van der Waals surface area contributed by atoms with Crippen LogP contribution in [-0.4, -0.2) is 63.2 Å². The summed E-state index contributed by atoms with van der Waals surface area (Å²) in [4.78, 5) is 2.30. The van der Waals surface area contributed by atoms with E-state index in [1.807, 2.05) is 0 Å². The summed E-state index contributed by atoms with van der Waals surface area (Å²) >= 11 is 0. The standard InChI is InChI=1S/C13H28N4O/c1-13(2,3)10-7-16-12(8-15-10)18-9-11-14-5-6-17(11)4/h10-12,14-16H,5-9H2,1-4H3. The molecular weight excluding hydrogens is 228 g/mol. The molecule has 0 saturated carbocycles. The van der Waals surface area contributed by atoms with E-state index in [1.54, 1.807) is 0 Å². The van der Waals surface area contributed by atoms with E-state index in [-0.39, 0.29) is 6.23 Å². The highest BCUT2D eigenvalue weighted by molar-refractivity contribution is 4.87. The normalized spacial score (nSPS) is 35.0. The third-order valence-electron chi connectivity index (χ3n) is 3.98. The second kappa shape index (κ2) is 5.84. The van der Waals surface area contributed by atoms with Crippen molar-refractivity contribution >= 4 is 0 Å². The molecule has 5 heteroatoms. The van der Waals surface area contributed by atoms with Crippen molar-refractivity contribution in [3.8, 4) is 0 Å². The van der Waals surface area contributed by atoms with E-state index in [2.05, 4.69) is 48.7 Å². The zero-order chi connectivity index (χ0) is 13.2. The Kier molecular flexibility index (Phi) is 4.61. The number of hydrogen-bond acceptors (Lipinski definition) is 5. The summed E-state index contributed by atoms with van der Waals surface area (Å²) in [6, 6.07) is 0.518. The van der Waals surface area contributed by atoms with E-state index in [0.717, 1.165) is 32.8 Å². The Labute approximate surface area is 111 Å². The van der Waals surface area contributed by atoms with Crippen LogP contribution >= 0.6 is 0 Å². The number of likely N-dealkylation sites (N-methyl/N-ethyl adjacent to an activating group) is 1. The van der Waals surface area contributed by atoms with E-state index >= 15 is 0 Å². The highest BCUT2D eigenvalue weighted by atomic mass is 16.5. The molecule has 2 aliphatic rings. The van der Waals surface area contributed by atoms with Gasteiger partial charge in [-0.3, -0.25) is 15.5 Å². The maximum Gasteiger partial charge on any atom is 0.120 e. The van der Waals surface area contributed by atoms with Crippen LogP contribution in [0.1, 0.15) is 20.8 Å². The van der Waals surface area contributed by atoms with Crippen LogP contribution in [0.3, 0.4) is 0 Å². The summed E-state index contributed by atoms with van der Waals surface area (Å²) in [6.45, 7) is 11.6. The lowest BCUT2D eigenvalue weighted by Gasteiger charge is -2.38. The van der Waals surface area contributed by atoms with Gasteiger partial charge in [-0.1, -0.05) is 20.8 Å². The van der Waals surface area contributed by atoms with Gasteiger partial charge in [0.25, 0.3) is 0 Å². The smallest absolute Gasteiger partial charge is 0.120 e. The van der Waals surface area contributed by atoms with Gasteiger partial charge < -0.3 is 10.1 Å². The van der Waals surface area contributed by atoms with Gasteiger partial charge in [0.15, 0.2) is 0 Å². The minimum Gasteiger partial charge on any atom is -0.359 e. The molecule has 0 aromatic carbocycles. The molecule has 2 rings (SSSR count). The maximum absolute atomic E-state index is 5.92. The Hall–Kier alpha value is -0.200. The second-order valence-corrected chi connectivity index (χ2v) is 6.51. The number of rotatable bonds is 3. The predicted molar refractivity (Wildman–Crippen MR) is 73.4 cm³/mol. The topological polar surface area (TPSA) is 48.6 Å². The van der Waals surface area contributed by atoms with Crippen LogP contribution in [0, 0.1) is 5.41 Å². The van der Waals surface area contributed by atoms with Gasteiger partial charge in [0, 0.05) is 32.2 Å². The van der Waals surface area contributed by atoms with Gasteiger partial charge in [0.1, 0.15) is 6.23 Å². The van der Waals surface area contributed by atoms with Gasteiger partial charge in [-0.2, -0.15) is 0 Å². The first-order chi connectivity index (χ1) is 8.47. The Balaban J connectivity index is 1.67. The Bertz CT molecular complexity index is 258. The zero-order valence-electron chi connectivity index (χ0n) is 12.1. The summed E-state index contributed by atoms with van der Waals surface area (Å²) in [5.74, 6) is 0. The van der Waals surface area contributed by atoms with E-state index in [9.17, 15) is 0 Å². The minimum atomic E-state index is 0.138. The van der Waals surface area contributed by atoms with Gasteiger partial charge in [-0.25, -0.2) is 0 Å². The molecule has 0 spiro atoms. The van der Waals surface area contributed by atoms with E-state index in [0.29, 0.717) is 17.6 Å². The lowest BCUT2D eigenvalue weighted by Crippen LogP contribution is -2.60. The van der Waals surface area contributed by atoms with Crippen molar-refractivity contribution in [2.24, 2.45) is 5.41 Å². The Morgan fingerprint density at radius 1 is 1.17 bits per heavy atom. The molecule has 3 N–H and O–H groups in total. The number of hydrogen-bond donors (Lipinski definition) is 3. The molecule has 18 heavy (non-hydrogen) atoms. The van der Waals surface area contributed by atoms with Crippen LogP contribution < -0.4 is 16.0 Å². The minimum absolute atomic E-state index is 0.138. The Morgan fingerprint density at radius 3 is 2.44 bits per heavy atom. The molecule has 0 bridgehead atoms. The lowest BCUT2D eigenvalue weighted by molar-refractivity contribution is -0.0185. The van der Waals surface area contributed by atoms with Crippen molar-refractivity contribution in [3.05, 3.63) is 0 Å². The summed E-state index contributed by atoms with van der Waals surface area (Å²) in [5.41, 5.74) is 0.297. The van der Waals surface area contributed by atoms with Crippen LogP contribution in [0.2, 0.25) is 0 Å². The number of ether oxygens (including phenoxy) is 1. The molecule has 2 fully saturated rings. The van der Waals surface area contributed by atoms with E-state index in [4.69, 9.17) is 4.74 Å². The zero-order valence-corrected chi connectivity index (χ0v) is 12.1. The molecule has 5 nitrogen and oxygen atoms in total. The molecule has 106 valence electrons. The third-order valence-corrected chi connectivity index (χ3v) is 3.98. The molecule has 0 amide bonds. The van der Waals surface area contributed by atoms with Crippen LogP contribution in [0.4, 0.5) is 0 Å². The first kappa shape index (κ1) is 14.2. The average molecular weight is 256 g/mol. The second-order valence-electron chi connectivity index (χ2n) is 6.51. The molecule has 2 aliphatic heterocycles. The number of piperazine rings is 1. The summed E-state index contributed by atoms with van der Waals surface area (Å²) in [5, 5.41) is 10.5. The van der Waals surface area contributed by atoms with Crippen LogP contribution in [-0.2, 0) is 4.74 Å². The van der Waals surface area contributed by atoms with Crippen LogP contribution in [0.15, 0.2) is 0 Å². The molecule has 0 aromatic heterocycles. The van der Waals surface area contributed by atoms with Crippen molar-refractivity contribution in [1.29, 1.82) is 0 Å². The quantitative estimate of drug-likeness (QED) is 0.653. The number of nitrogens with zero attached hydrogens (tertiary/aromatic N) is 1.